The minimum absolute atomic E-state index is 0.148. The molecule has 2 aliphatic rings. The van der Waals surface area contributed by atoms with Crippen LogP contribution in [-0.4, -0.2) is 80.4 Å². The fourth-order valence-corrected chi connectivity index (χ4v) is 4.33. The number of nitrogens with zero attached hydrogens (tertiary/aromatic N) is 6. The van der Waals surface area contributed by atoms with Crippen molar-refractivity contribution in [2.75, 3.05) is 49.5 Å². The Kier molecular flexibility index (Phi) is 5.18. The number of pyridine rings is 1. The highest BCUT2D eigenvalue weighted by Gasteiger charge is 2.34. The lowest BCUT2D eigenvalue weighted by molar-refractivity contribution is 0.102. The molecule has 0 aromatic carbocycles. The third-order valence-corrected chi connectivity index (χ3v) is 5.89. The van der Waals surface area contributed by atoms with Gasteiger partial charge in [-0.15, -0.1) is 0 Å². The van der Waals surface area contributed by atoms with Crippen molar-refractivity contribution in [3.05, 3.63) is 41.9 Å². The Morgan fingerprint density at radius 3 is 2.88 bits per heavy atom. The van der Waals surface area contributed by atoms with Gasteiger partial charge in [0.2, 0.25) is 5.88 Å². The van der Waals surface area contributed by atoms with Gasteiger partial charge in [-0.05, 0) is 26.0 Å². The quantitative estimate of drug-likeness (QED) is 0.613. The van der Waals surface area contributed by atoms with E-state index in [1.807, 2.05) is 19.9 Å². The molecule has 2 aliphatic heterocycles. The smallest absolute Gasteiger partial charge is 0.261 e. The number of β-amino-alcohol motifs (C(OH)–C–C–N with tert-alkyl or cyclic N) is 1. The van der Waals surface area contributed by atoms with Gasteiger partial charge in [-0.1, -0.05) is 0 Å². The maximum absolute atomic E-state index is 13.2. The number of piperazine rings is 1. The number of carbonyl (C=O) groups excluding carboxylic acids is 1. The van der Waals surface area contributed by atoms with Crippen LogP contribution in [0.1, 0.15) is 29.8 Å². The Morgan fingerprint density at radius 1 is 1.28 bits per heavy atom. The third kappa shape index (κ3) is 3.87. The molecule has 0 saturated carbocycles. The number of carbonyl (C=O) groups is 1. The maximum atomic E-state index is 13.2. The second-order valence-corrected chi connectivity index (χ2v) is 8.81. The Labute approximate surface area is 185 Å². The lowest BCUT2D eigenvalue weighted by Gasteiger charge is -2.36. The summed E-state index contributed by atoms with van der Waals surface area (Å²) in [5.74, 6) is 1.04. The van der Waals surface area contributed by atoms with Crippen LogP contribution in [-0.2, 0) is 6.42 Å². The molecule has 0 aliphatic carbocycles. The van der Waals surface area contributed by atoms with Crippen LogP contribution in [0.3, 0.4) is 0 Å². The van der Waals surface area contributed by atoms with E-state index in [0.29, 0.717) is 35.1 Å². The van der Waals surface area contributed by atoms with E-state index in [4.69, 9.17) is 9.72 Å². The van der Waals surface area contributed by atoms with Gasteiger partial charge in [0.05, 0.1) is 18.5 Å². The molecule has 0 atom stereocenters. The number of fused-ring (bicyclic) bond motifs is 2. The molecule has 0 bridgehead atoms. The molecular formula is C22H27N7O3. The van der Waals surface area contributed by atoms with Crippen LogP contribution in [0.15, 0.2) is 30.7 Å². The van der Waals surface area contributed by atoms with Gasteiger partial charge in [-0.2, -0.15) is 10.1 Å². The van der Waals surface area contributed by atoms with Crippen molar-refractivity contribution in [3.8, 4) is 5.88 Å². The molecule has 5 heterocycles. The monoisotopic (exact) mass is 437 g/mol. The summed E-state index contributed by atoms with van der Waals surface area (Å²) in [6, 6.07) is 3.74. The van der Waals surface area contributed by atoms with Gasteiger partial charge in [-0.3, -0.25) is 9.69 Å². The van der Waals surface area contributed by atoms with Gasteiger partial charge in [0, 0.05) is 57.1 Å². The van der Waals surface area contributed by atoms with Crippen LogP contribution in [0.25, 0.3) is 5.65 Å². The highest BCUT2D eigenvalue weighted by molar-refractivity contribution is 6.09. The van der Waals surface area contributed by atoms with Crippen LogP contribution in [0, 0.1) is 0 Å². The molecule has 0 radical (unpaired) electrons. The molecule has 1 saturated heterocycles. The summed E-state index contributed by atoms with van der Waals surface area (Å²) >= 11 is 0. The largest absolute Gasteiger partial charge is 0.471 e. The molecule has 168 valence electrons. The van der Waals surface area contributed by atoms with Crippen LogP contribution in [0.2, 0.25) is 0 Å². The molecule has 10 nitrogen and oxygen atoms in total. The number of amides is 1. The number of aromatic nitrogens is 4. The molecular weight excluding hydrogens is 410 g/mol. The number of anilines is 2. The number of nitrogens with one attached hydrogen (secondary N) is 1. The van der Waals surface area contributed by atoms with Gasteiger partial charge in [0.25, 0.3) is 5.91 Å². The van der Waals surface area contributed by atoms with Crippen molar-refractivity contribution in [1.29, 1.82) is 0 Å². The Bertz CT molecular complexity index is 1150. The lowest BCUT2D eigenvalue weighted by atomic mass is 10.0. The van der Waals surface area contributed by atoms with Gasteiger partial charge >= 0.3 is 0 Å². The van der Waals surface area contributed by atoms with E-state index < -0.39 is 0 Å². The normalized spacial score (nSPS) is 17.9. The minimum Gasteiger partial charge on any atom is -0.471 e. The van der Waals surface area contributed by atoms with Gasteiger partial charge < -0.3 is 20.1 Å². The topological polar surface area (TPSA) is 108 Å². The minimum atomic E-state index is -0.332. The summed E-state index contributed by atoms with van der Waals surface area (Å²) in [4.78, 5) is 26.7. The molecule has 0 unspecified atom stereocenters. The Morgan fingerprint density at radius 2 is 2.09 bits per heavy atom. The first-order valence-corrected chi connectivity index (χ1v) is 10.8. The molecule has 3 aromatic rings. The second kappa shape index (κ2) is 8.03. The first-order chi connectivity index (χ1) is 15.4. The van der Waals surface area contributed by atoms with E-state index in [9.17, 15) is 9.90 Å². The average molecular weight is 438 g/mol. The zero-order valence-electron chi connectivity index (χ0n) is 18.3. The van der Waals surface area contributed by atoms with E-state index in [1.165, 1.54) is 6.20 Å². The zero-order valence-corrected chi connectivity index (χ0v) is 18.3. The predicted molar refractivity (Wildman–Crippen MR) is 119 cm³/mol. The summed E-state index contributed by atoms with van der Waals surface area (Å²) in [5, 5.41) is 16.5. The number of hydrogen-bond acceptors (Lipinski definition) is 8. The number of hydrogen-bond donors (Lipinski definition) is 2. The number of rotatable bonds is 5. The van der Waals surface area contributed by atoms with E-state index in [1.54, 1.807) is 23.0 Å². The Hall–Kier alpha value is -3.24. The van der Waals surface area contributed by atoms with Crippen LogP contribution in [0.5, 0.6) is 5.88 Å². The highest BCUT2D eigenvalue weighted by Crippen LogP contribution is 2.39. The zero-order chi connectivity index (χ0) is 22.3. The first-order valence-electron chi connectivity index (χ1n) is 10.8. The third-order valence-electron chi connectivity index (χ3n) is 5.89. The first kappa shape index (κ1) is 20.7. The van der Waals surface area contributed by atoms with Crippen molar-refractivity contribution in [2.45, 2.75) is 25.9 Å². The maximum Gasteiger partial charge on any atom is 0.261 e. The number of aliphatic hydroxyl groups is 1. The van der Waals surface area contributed by atoms with E-state index in [0.717, 1.165) is 38.2 Å². The fraction of sp³-hybridized carbons (Fsp3) is 0.455. The molecule has 1 amide bonds. The second-order valence-electron chi connectivity index (χ2n) is 8.81. The number of aliphatic hydroxyl groups excluding tert-OH is 1. The van der Waals surface area contributed by atoms with E-state index >= 15 is 0 Å². The molecule has 0 spiro atoms. The summed E-state index contributed by atoms with van der Waals surface area (Å²) in [5.41, 5.74) is 2.21. The molecule has 5 rings (SSSR count). The molecule has 1 fully saturated rings. The van der Waals surface area contributed by atoms with E-state index in [2.05, 4.69) is 25.2 Å². The highest BCUT2D eigenvalue weighted by atomic mass is 16.5. The van der Waals surface area contributed by atoms with Crippen LogP contribution < -0.4 is 15.0 Å². The lowest BCUT2D eigenvalue weighted by Crippen LogP contribution is -2.47. The average Bonchev–Trinajstić information content (AvgIpc) is 3.33. The Balaban J connectivity index is 1.46. The fourth-order valence-electron chi connectivity index (χ4n) is 4.33. The SMILES string of the molecule is CC1(C)Cc2cc(NC(=O)c3cnn4cccnc34)c(N3CCN(CCO)CC3)nc2O1. The molecule has 10 heteroatoms. The van der Waals surface area contributed by atoms with Crippen LogP contribution in [0.4, 0.5) is 11.5 Å². The predicted octanol–water partition coefficient (Wildman–Crippen LogP) is 1.20. The molecule has 2 N–H and O–H groups in total. The van der Waals surface area contributed by atoms with Crippen molar-refractivity contribution in [3.63, 3.8) is 0 Å². The molecule has 3 aromatic heterocycles. The summed E-state index contributed by atoms with van der Waals surface area (Å²) < 4.78 is 7.63. The van der Waals surface area contributed by atoms with Crippen molar-refractivity contribution in [2.24, 2.45) is 0 Å². The van der Waals surface area contributed by atoms with Crippen molar-refractivity contribution >= 4 is 23.1 Å². The molecule has 32 heavy (non-hydrogen) atoms. The van der Waals surface area contributed by atoms with Gasteiger partial charge in [0.1, 0.15) is 11.2 Å². The number of ether oxygens (including phenoxy) is 1. The van der Waals surface area contributed by atoms with E-state index in [-0.39, 0.29) is 18.1 Å². The summed E-state index contributed by atoms with van der Waals surface area (Å²) in [7, 11) is 0. The van der Waals surface area contributed by atoms with Crippen molar-refractivity contribution < 1.29 is 14.6 Å². The van der Waals surface area contributed by atoms with Crippen LogP contribution >= 0.6 is 0 Å². The van der Waals surface area contributed by atoms with Gasteiger partial charge in [0.15, 0.2) is 11.5 Å². The summed E-state index contributed by atoms with van der Waals surface area (Å²) in [6.45, 7) is 8.00. The standard InChI is InChI=1S/C22H27N7O3/c1-22(2)13-15-12-17(25-20(31)16-14-24-29-5-3-4-23-18(16)29)19(26-21(15)32-22)28-8-6-27(7-9-28)10-11-30/h3-5,12,14,30H,6-11,13H2,1-2H3,(H,25,31). The van der Waals surface area contributed by atoms with Gasteiger partial charge in [-0.25, -0.2) is 9.50 Å². The summed E-state index contributed by atoms with van der Waals surface area (Å²) in [6.07, 6.45) is 5.65. The van der Waals surface area contributed by atoms with Crippen molar-refractivity contribution in [1.82, 2.24) is 24.5 Å².